The van der Waals surface area contributed by atoms with Crippen LogP contribution in [0, 0.1) is 19.7 Å². The lowest BCUT2D eigenvalue weighted by atomic mass is 10.3. The van der Waals surface area contributed by atoms with Crippen LogP contribution in [0.4, 0.5) is 10.1 Å². The van der Waals surface area contributed by atoms with E-state index >= 15 is 0 Å². The van der Waals surface area contributed by atoms with Crippen molar-refractivity contribution < 1.29 is 4.39 Å². The Hall–Kier alpha value is -1.33. The molecule has 0 amide bonds. The molecular weight excluding hydrogens is 273 g/mol. The van der Waals surface area contributed by atoms with Crippen LogP contribution < -0.4 is 5.73 Å². The van der Waals surface area contributed by atoms with Crippen molar-refractivity contribution >= 4 is 29.1 Å². The predicted octanol–water partition coefficient (Wildman–Crippen LogP) is 3.62. The normalized spacial score (nSPS) is 10.7. The molecule has 0 fully saturated rings. The topological polar surface area (TPSA) is 51.8 Å². The van der Waals surface area contributed by atoms with Gasteiger partial charge in [0.15, 0.2) is 5.16 Å². The number of anilines is 1. The molecule has 18 heavy (non-hydrogen) atoms. The van der Waals surface area contributed by atoms with Crippen molar-refractivity contribution in [2.75, 3.05) is 5.73 Å². The summed E-state index contributed by atoms with van der Waals surface area (Å²) in [6.07, 6.45) is 0. The molecule has 0 atom stereocenters. The largest absolute Gasteiger partial charge is 0.398 e. The first-order valence-electron chi connectivity index (χ1n) is 5.20. The molecule has 0 unspecified atom stereocenters. The van der Waals surface area contributed by atoms with Crippen molar-refractivity contribution in [3.05, 3.63) is 40.4 Å². The van der Waals surface area contributed by atoms with Crippen LogP contribution in [0.15, 0.2) is 28.3 Å². The van der Waals surface area contributed by atoms with E-state index in [-0.39, 0.29) is 5.02 Å². The summed E-state index contributed by atoms with van der Waals surface area (Å²) in [4.78, 5) is 9.21. The lowest BCUT2D eigenvalue weighted by Gasteiger charge is -2.06. The minimum Gasteiger partial charge on any atom is -0.398 e. The molecule has 0 saturated carbocycles. The molecule has 0 saturated heterocycles. The first kappa shape index (κ1) is 13.1. The van der Waals surface area contributed by atoms with Gasteiger partial charge in [-0.15, -0.1) is 0 Å². The first-order chi connectivity index (χ1) is 8.45. The fraction of sp³-hybridized carbons (Fsp3) is 0.167. The maximum atomic E-state index is 13.2. The zero-order valence-corrected chi connectivity index (χ0v) is 11.4. The molecular formula is C12H11ClFN3S. The van der Waals surface area contributed by atoms with Crippen molar-refractivity contribution in [1.29, 1.82) is 0 Å². The van der Waals surface area contributed by atoms with Gasteiger partial charge >= 0.3 is 0 Å². The van der Waals surface area contributed by atoms with Gasteiger partial charge in [0.1, 0.15) is 5.82 Å². The summed E-state index contributed by atoms with van der Waals surface area (Å²) in [5.74, 6) is -0.528. The molecule has 2 rings (SSSR count). The van der Waals surface area contributed by atoms with Gasteiger partial charge in [-0.1, -0.05) is 11.6 Å². The number of aryl methyl sites for hydroxylation is 2. The highest BCUT2D eigenvalue weighted by molar-refractivity contribution is 7.99. The van der Waals surface area contributed by atoms with E-state index in [9.17, 15) is 4.39 Å². The van der Waals surface area contributed by atoms with Crippen molar-refractivity contribution in [2.45, 2.75) is 23.9 Å². The molecule has 2 aromatic rings. The van der Waals surface area contributed by atoms with Crippen LogP contribution in [0.3, 0.4) is 0 Å². The maximum Gasteiger partial charge on any atom is 0.192 e. The molecule has 3 nitrogen and oxygen atoms in total. The number of halogens is 2. The summed E-state index contributed by atoms with van der Waals surface area (Å²) in [5.41, 5.74) is 7.81. The SMILES string of the molecule is Cc1cc(C)nc(Sc2cc(Cl)c(F)cc2N)n1. The second kappa shape index (κ2) is 5.12. The fourth-order valence-corrected chi connectivity index (χ4v) is 2.63. The van der Waals surface area contributed by atoms with Gasteiger partial charge in [-0.25, -0.2) is 14.4 Å². The zero-order valence-electron chi connectivity index (χ0n) is 9.87. The molecule has 0 spiro atoms. The molecule has 94 valence electrons. The van der Waals surface area contributed by atoms with Crippen LogP contribution in [0.25, 0.3) is 0 Å². The third kappa shape index (κ3) is 2.91. The summed E-state index contributed by atoms with van der Waals surface area (Å²) >= 11 is 7.00. The smallest absolute Gasteiger partial charge is 0.192 e. The Kier molecular flexibility index (Phi) is 3.73. The Labute approximate surface area is 114 Å². The standard InChI is InChI=1S/C12H11ClFN3S/c1-6-3-7(2)17-12(16-6)18-11-4-8(13)9(14)5-10(11)15/h3-5H,15H2,1-2H3. The lowest BCUT2D eigenvalue weighted by molar-refractivity contribution is 0.628. The lowest BCUT2D eigenvalue weighted by Crippen LogP contribution is -1.95. The second-order valence-electron chi connectivity index (χ2n) is 3.84. The van der Waals surface area contributed by atoms with Crippen molar-refractivity contribution in [2.24, 2.45) is 0 Å². The molecule has 0 radical (unpaired) electrons. The minimum absolute atomic E-state index is 0.0380. The number of rotatable bonds is 2. The average molecular weight is 284 g/mol. The Bertz CT molecular complexity index is 584. The maximum absolute atomic E-state index is 13.2. The van der Waals surface area contributed by atoms with Crippen LogP contribution in [-0.4, -0.2) is 9.97 Å². The number of nitrogens with two attached hydrogens (primary N) is 1. The van der Waals surface area contributed by atoms with E-state index in [0.717, 1.165) is 11.4 Å². The Morgan fingerprint density at radius 3 is 2.39 bits per heavy atom. The molecule has 0 bridgehead atoms. The first-order valence-corrected chi connectivity index (χ1v) is 6.40. The molecule has 0 aliphatic rings. The Morgan fingerprint density at radius 1 is 1.17 bits per heavy atom. The van der Waals surface area contributed by atoms with E-state index in [4.69, 9.17) is 17.3 Å². The van der Waals surface area contributed by atoms with Crippen LogP contribution in [0.2, 0.25) is 5.02 Å². The van der Waals surface area contributed by atoms with Crippen molar-refractivity contribution in [1.82, 2.24) is 9.97 Å². The van der Waals surface area contributed by atoms with Gasteiger partial charge in [0.25, 0.3) is 0 Å². The van der Waals surface area contributed by atoms with Crippen molar-refractivity contribution in [3.8, 4) is 0 Å². The highest BCUT2D eigenvalue weighted by atomic mass is 35.5. The summed E-state index contributed by atoms with van der Waals surface area (Å²) in [6, 6.07) is 4.57. The van der Waals surface area contributed by atoms with Gasteiger partial charge in [0, 0.05) is 22.0 Å². The molecule has 1 heterocycles. The monoisotopic (exact) mass is 283 g/mol. The zero-order chi connectivity index (χ0) is 13.3. The van der Waals surface area contributed by atoms with E-state index in [2.05, 4.69) is 9.97 Å². The predicted molar refractivity (Wildman–Crippen MR) is 71.5 cm³/mol. The van der Waals surface area contributed by atoms with E-state index in [0.29, 0.717) is 15.7 Å². The third-order valence-electron chi connectivity index (χ3n) is 2.22. The highest BCUT2D eigenvalue weighted by Gasteiger charge is 2.10. The minimum atomic E-state index is -0.528. The van der Waals surface area contributed by atoms with Crippen LogP contribution in [0.1, 0.15) is 11.4 Å². The van der Waals surface area contributed by atoms with Gasteiger partial charge in [-0.2, -0.15) is 0 Å². The number of nitrogens with zero attached hydrogens (tertiary/aromatic N) is 2. The average Bonchev–Trinajstić information content (AvgIpc) is 2.24. The van der Waals surface area contributed by atoms with E-state index in [1.165, 1.54) is 23.9 Å². The molecule has 0 aliphatic carbocycles. The van der Waals surface area contributed by atoms with Crippen molar-refractivity contribution in [3.63, 3.8) is 0 Å². The quantitative estimate of drug-likeness (QED) is 0.675. The molecule has 1 aromatic heterocycles. The molecule has 2 N–H and O–H groups in total. The van der Waals surface area contributed by atoms with Gasteiger partial charge in [0.05, 0.1) is 5.02 Å². The molecule has 0 aliphatic heterocycles. The van der Waals surface area contributed by atoms with Gasteiger partial charge in [-0.05, 0) is 43.8 Å². The molecule has 6 heteroatoms. The summed E-state index contributed by atoms with van der Waals surface area (Å²) < 4.78 is 13.2. The van der Waals surface area contributed by atoms with Gasteiger partial charge < -0.3 is 5.73 Å². The van der Waals surface area contributed by atoms with Crippen LogP contribution in [0.5, 0.6) is 0 Å². The van der Waals surface area contributed by atoms with Gasteiger partial charge in [0.2, 0.25) is 0 Å². The number of hydrogen-bond acceptors (Lipinski definition) is 4. The van der Waals surface area contributed by atoms with E-state index in [1.54, 1.807) is 0 Å². The summed E-state index contributed by atoms with van der Waals surface area (Å²) in [7, 11) is 0. The van der Waals surface area contributed by atoms with Crippen LogP contribution >= 0.6 is 23.4 Å². The Morgan fingerprint density at radius 2 is 1.78 bits per heavy atom. The van der Waals surface area contributed by atoms with E-state index < -0.39 is 5.82 Å². The summed E-state index contributed by atoms with van der Waals surface area (Å²) in [5, 5.41) is 0.609. The summed E-state index contributed by atoms with van der Waals surface area (Å²) in [6.45, 7) is 3.78. The van der Waals surface area contributed by atoms with Crippen LogP contribution in [-0.2, 0) is 0 Å². The number of benzene rings is 1. The number of aromatic nitrogens is 2. The number of nitrogen functional groups attached to an aromatic ring is 1. The molecule has 1 aromatic carbocycles. The Balaban J connectivity index is 2.36. The third-order valence-corrected chi connectivity index (χ3v) is 3.44. The second-order valence-corrected chi connectivity index (χ2v) is 5.26. The number of hydrogen-bond donors (Lipinski definition) is 1. The van der Waals surface area contributed by atoms with Gasteiger partial charge in [-0.3, -0.25) is 0 Å². The van der Waals surface area contributed by atoms with E-state index in [1.807, 2.05) is 19.9 Å². The highest BCUT2D eigenvalue weighted by Crippen LogP contribution is 2.33. The fourth-order valence-electron chi connectivity index (χ4n) is 1.47.